The Morgan fingerprint density at radius 1 is 1.06 bits per heavy atom. The van der Waals surface area contributed by atoms with E-state index >= 15 is 0 Å². The molecule has 2 aromatic carbocycles. The van der Waals surface area contributed by atoms with Gasteiger partial charge in [-0.05, 0) is 29.8 Å². The maximum absolute atomic E-state index is 13.1. The molecule has 16 heavy (non-hydrogen) atoms. The van der Waals surface area contributed by atoms with Gasteiger partial charge in [0.1, 0.15) is 18.2 Å². The molecule has 2 aromatic rings. The van der Waals surface area contributed by atoms with Crippen molar-refractivity contribution in [2.75, 3.05) is 0 Å². The van der Waals surface area contributed by atoms with Crippen molar-refractivity contribution in [1.82, 2.24) is 0 Å². The molecule has 0 unspecified atom stereocenters. The Morgan fingerprint density at radius 3 is 2.50 bits per heavy atom. The molecule has 2 rings (SSSR count). The number of rotatable bonds is 3. The summed E-state index contributed by atoms with van der Waals surface area (Å²) < 4.78 is 18.6. The summed E-state index contributed by atoms with van der Waals surface area (Å²) in [5, 5.41) is 0.128. The van der Waals surface area contributed by atoms with Crippen LogP contribution >= 0.6 is 11.6 Å². The summed E-state index contributed by atoms with van der Waals surface area (Å²) in [4.78, 5) is 0. The number of ether oxygens (including phenoxy) is 1. The molecule has 0 amide bonds. The van der Waals surface area contributed by atoms with Gasteiger partial charge in [0.25, 0.3) is 0 Å². The first-order chi connectivity index (χ1) is 7.75. The number of hydrogen-bond acceptors (Lipinski definition) is 1. The molecule has 0 saturated heterocycles. The third-order valence-electron chi connectivity index (χ3n) is 2.13. The van der Waals surface area contributed by atoms with Crippen LogP contribution in [-0.4, -0.2) is 0 Å². The molecule has 0 atom stereocenters. The summed E-state index contributed by atoms with van der Waals surface area (Å²) >= 11 is 5.58. The van der Waals surface area contributed by atoms with E-state index < -0.39 is 5.82 Å². The first-order valence-electron chi connectivity index (χ1n) is 4.87. The Balaban J connectivity index is 2.03. The molecular weight excluding hydrogens is 227 g/mol. The van der Waals surface area contributed by atoms with Gasteiger partial charge in [-0.2, -0.15) is 0 Å². The van der Waals surface area contributed by atoms with Crippen LogP contribution in [0.2, 0.25) is 5.02 Å². The number of para-hydroxylation sites is 1. The van der Waals surface area contributed by atoms with Gasteiger partial charge in [-0.15, -0.1) is 0 Å². The van der Waals surface area contributed by atoms with Gasteiger partial charge in [-0.25, -0.2) is 4.39 Å². The van der Waals surface area contributed by atoms with Crippen LogP contribution in [0.3, 0.4) is 0 Å². The maximum Gasteiger partial charge on any atom is 0.142 e. The molecule has 0 N–H and O–H groups in total. The standard InChI is InChI=1S/C13H10ClFO/c14-12-7-6-10(8-13(12)15)9-16-11-4-2-1-3-5-11/h1-8H,9H2. The highest BCUT2D eigenvalue weighted by Crippen LogP contribution is 2.17. The Morgan fingerprint density at radius 2 is 1.81 bits per heavy atom. The fraction of sp³-hybridized carbons (Fsp3) is 0.0769. The van der Waals surface area contributed by atoms with Gasteiger partial charge in [0.2, 0.25) is 0 Å². The lowest BCUT2D eigenvalue weighted by Crippen LogP contribution is -1.95. The molecular formula is C13H10ClFO. The van der Waals surface area contributed by atoms with Gasteiger partial charge >= 0.3 is 0 Å². The quantitative estimate of drug-likeness (QED) is 0.781. The van der Waals surface area contributed by atoms with E-state index in [9.17, 15) is 4.39 Å². The first kappa shape index (κ1) is 11.0. The predicted molar refractivity (Wildman–Crippen MR) is 62.2 cm³/mol. The molecule has 0 fully saturated rings. The topological polar surface area (TPSA) is 9.23 Å². The van der Waals surface area contributed by atoms with Crippen LogP contribution in [-0.2, 0) is 6.61 Å². The summed E-state index contributed by atoms with van der Waals surface area (Å²) in [5.74, 6) is 0.341. The van der Waals surface area contributed by atoms with Gasteiger partial charge < -0.3 is 4.74 Å². The molecule has 0 aliphatic carbocycles. The molecule has 3 heteroatoms. The Hall–Kier alpha value is -1.54. The van der Waals surface area contributed by atoms with Crippen LogP contribution in [0.25, 0.3) is 0 Å². The van der Waals surface area contributed by atoms with Gasteiger partial charge in [-0.3, -0.25) is 0 Å². The van der Waals surface area contributed by atoms with Crippen molar-refractivity contribution in [2.24, 2.45) is 0 Å². The van der Waals surface area contributed by atoms with Crippen molar-refractivity contribution >= 4 is 11.6 Å². The summed E-state index contributed by atoms with van der Waals surface area (Å²) in [6.45, 7) is 0.331. The van der Waals surface area contributed by atoms with Crippen molar-refractivity contribution in [3.8, 4) is 5.75 Å². The Labute approximate surface area is 98.4 Å². The van der Waals surface area contributed by atoms with E-state index in [0.717, 1.165) is 11.3 Å². The van der Waals surface area contributed by atoms with Crippen LogP contribution in [0.15, 0.2) is 48.5 Å². The Bertz CT molecular complexity index is 471. The van der Waals surface area contributed by atoms with Crippen LogP contribution in [0.5, 0.6) is 5.75 Å². The third kappa shape index (κ3) is 2.74. The number of benzene rings is 2. The zero-order valence-electron chi connectivity index (χ0n) is 8.49. The first-order valence-corrected chi connectivity index (χ1v) is 5.25. The third-order valence-corrected chi connectivity index (χ3v) is 2.44. The van der Waals surface area contributed by atoms with Gasteiger partial charge in [0, 0.05) is 0 Å². The van der Waals surface area contributed by atoms with Crippen molar-refractivity contribution in [2.45, 2.75) is 6.61 Å². The molecule has 0 aliphatic heterocycles. The minimum atomic E-state index is -0.421. The summed E-state index contributed by atoms with van der Waals surface area (Å²) in [5.41, 5.74) is 0.755. The zero-order valence-corrected chi connectivity index (χ0v) is 9.25. The molecule has 82 valence electrons. The molecule has 0 spiro atoms. The Kier molecular flexibility index (Phi) is 3.42. The van der Waals surface area contributed by atoms with Gasteiger partial charge in [0.05, 0.1) is 5.02 Å². The lowest BCUT2D eigenvalue weighted by Gasteiger charge is -2.06. The predicted octanol–water partition coefficient (Wildman–Crippen LogP) is 4.06. The monoisotopic (exact) mass is 236 g/mol. The summed E-state index contributed by atoms with van der Waals surface area (Å²) in [7, 11) is 0. The lowest BCUT2D eigenvalue weighted by molar-refractivity contribution is 0.305. The average molecular weight is 237 g/mol. The average Bonchev–Trinajstić information content (AvgIpc) is 2.32. The maximum atomic E-state index is 13.1. The van der Waals surface area contributed by atoms with E-state index in [1.165, 1.54) is 12.1 Å². The second kappa shape index (κ2) is 4.99. The van der Waals surface area contributed by atoms with E-state index in [2.05, 4.69) is 0 Å². The minimum absolute atomic E-state index is 0.128. The van der Waals surface area contributed by atoms with Crippen molar-refractivity contribution in [3.63, 3.8) is 0 Å². The molecule has 0 aliphatic rings. The highest BCUT2D eigenvalue weighted by atomic mass is 35.5. The number of hydrogen-bond donors (Lipinski definition) is 0. The van der Waals surface area contributed by atoms with Gasteiger partial charge in [0.15, 0.2) is 0 Å². The summed E-state index contributed by atoms with van der Waals surface area (Å²) in [6, 6.07) is 14.0. The fourth-order valence-electron chi connectivity index (χ4n) is 1.31. The van der Waals surface area contributed by atoms with Crippen LogP contribution < -0.4 is 4.74 Å². The van der Waals surface area contributed by atoms with Crippen molar-refractivity contribution in [1.29, 1.82) is 0 Å². The van der Waals surface area contributed by atoms with E-state index in [4.69, 9.17) is 16.3 Å². The number of halogens is 2. The van der Waals surface area contributed by atoms with Crippen LogP contribution in [0.4, 0.5) is 4.39 Å². The molecule has 0 bridgehead atoms. The SMILES string of the molecule is Fc1cc(COc2ccccc2)ccc1Cl. The molecule has 1 nitrogen and oxygen atoms in total. The normalized spacial score (nSPS) is 10.1. The van der Waals surface area contributed by atoms with Gasteiger partial charge in [-0.1, -0.05) is 35.9 Å². The highest BCUT2D eigenvalue weighted by molar-refractivity contribution is 6.30. The van der Waals surface area contributed by atoms with Crippen molar-refractivity contribution < 1.29 is 9.13 Å². The molecule has 0 heterocycles. The smallest absolute Gasteiger partial charge is 0.142 e. The van der Waals surface area contributed by atoms with E-state index in [-0.39, 0.29) is 5.02 Å². The fourth-order valence-corrected chi connectivity index (χ4v) is 1.43. The molecule has 0 aromatic heterocycles. The molecule has 0 radical (unpaired) electrons. The minimum Gasteiger partial charge on any atom is -0.489 e. The van der Waals surface area contributed by atoms with Crippen molar-refractivity contribution in [3.05, 3.63) is 64.9 Å². The lowest BCUT2D eigenvalue weighted by atomic mass is 10.2. The van der Waals surface area contributed by atoms with E-state index in [0.29, 0.717) is 6.61 Å². The second-order valence-electron chi connectivity index (χ2n) is 3.35. The van der Waals surface area contributed by atoms with Crippen LogP contribution in [0, 0.1) is 5.82 Å². The largest absolute Gasteiger partial charge is 0.489 e. The zero-order chi connectivity index (χ0) is 11.4. The van der Waals surface area contributed by atoms with E-state index in [1.54, 1.807) is 6.07 Å². The van der Waals surface area contributed by atoms with Crippen LogP contribution in [0.1, 0.15) is 5.56 Å². The second-order valence-corrected chi connectivity index (χ2v) is 3.76. The summed E-state index contributed by atoms with van der Waals surface area (Å²) in [6.07, 6.45) is 0. The highest BCUT2D eigenvalue weighted by Gasteiger charge is 2.01. The molecule has 0 saturated carbocycles. The van der Waals surface area contributed by atoms with E-state index in [1.807, 2.05) is 30.3 Å².